The molecule has 1 unspecified atom stereocenters. The Balaban J connectivity index is 0.00000300. The fourth-order valence-corrected chi connectivity index (χ4v) is 3.13. The molecule has 1 saturated heterocycles. The highest BCUT2D eigenvalue weighted by molar-refractivity contribution is 14.0. The van der Waals surface area contributed by atoms with Crippen LogP contribution in [0.1, 0.15) is 18.6 Å². The van der Waals surface area contributed by atoms with E-state index >= 15 is 0 Å². The summed E-state index contributed by atoms with van der Waals surface area (Å²) in [5.41, 5.74) is 0.796. The van der Waals surface area contributed by atoms with Crippen molar-refractivity contribution in [2.24, 2.45) is 4.99 Å². The molecule has 2 heterocycles. The van der Waals surface area contributed by atoms with Crippen LogP contribution in [0.25, 0.3) is 0 Å². The summed E-state index contributed by atoms with van der Waals surface area (Å²) in [6.45, 7) is 6.40. The maximum absolute atomic E-state index is 10.5. The number of methoxy groups -OCH3 is 1. The number of aliphatic imine (C=N–C) groups is 1. The molecule has 8 nitrogen and oxygen atoms in total. The Kier molecular flexibility index (Phi) is 9.39. The number of benzene rings is 1. The van der Waals surface area contributed by atoms with Crippen LogP contribution in [0.4, 0.5) is 5.95 Å². The average molecular weight is 512 g/mol. The van der Waals surface area contributed by atoms with Crippen molar-refractivity contribution in [3.05, 3.63) is 48.3 Å². The van der Waals surface area contributed by atoms with Crippen LogP contribution in [-0.4, -0.2) is 72.3 Å². The number of halogens is 1. The van der Waals surface area contributed by atoms with E-state index in [0.29, 0.717) is 0 Å². The normalized spacial score (nSPS) is 15.5. The molecule has 1 aromatic heterocycles. The van der Waals surface area contributed by atoms with Crippen molar-refractivity contribution in [2.45, 2.75) is 13.0 Å². The summed E-state index contributed by atoms with van der Waals surface area (Å²) in [4.78, 5) is 17.7. The van der Waals surface area contributed by atoms with Gasteiger partial charge in [-0.25, -0.2) is 9.97 Å². The van der Waals surface area contributed by atoms with E-state index in [1.54, 1.807) is 19.5 Å². The number of ether oxygens (including phenoxy) is 1. The Morgan fingerprint density at radius 1 is 1.21 bits per heavy atom. The fraction of sp³-hybridized carbons (Fsp3) is 0.450. The van der Waals surface area contributed by atoms with Crippen molar-refractivity contribution in [3.8, 4) is 5.75 Å². The van der Waals surface area contributed by atoms with Gasteiger partial charge < -0.3 is 25.0 Å². The lowest BCUT2D eigenvalue weighted by Crippen LogP contribution is -2.53. The van der Waals surface area contributed by atoms with E-state index in [9.17, 15) is 5.11 Å². The van der Waals surface area contributed by atoms with Gasteiger partial charge in [0.1, 0.15) is 5.75 Å². The number of hydrogen-bond acceptors (Lipinski definition) is 6. The summed E-state index contributed by atoms with van der Waals surface area (Å²) in [5.74, 6) is 2.31. The van der Waals surface area contributed by atoms with Crippen molar-refractivity contribution in [2.75, 3.05) is 51.3 Å². The van der Waals surface area contributed by atoms with E-state index in [4.69, 9.17) is 4.74 Å². The van der Waals surface area contributed by atoms with Crippen LogP contribution in [-0.2, 0) is 0 Å². The molecule has 0 aliphatic carbocycles. The number of hydrogen-bond donors (Lipinski definition) is 2. The van der Waals surface area contributed by atoms with Crippen LogP contribution in [0.5, 0.6) is 5.75 Å². The predicted octanol–water partition coefficient (Wildman–Crippen LogP) is 1.92. The van der Waals surface area contributed by atoms with Crippen molar-refractivity contribution in [1.82, 2.24) is 20.2 Å². The second-order valence-corrected chi connectivity index (χ2v) is 6.51. The minimum absolute atomic E-state index is 0. The fourth-order valence-electron chi connectivity index (χ4n) is 3.13. The van der Waals surface area contributed by atoms with Crippen LogP contribution in [0.2, 0.25) is 0 Å². The molecule has 2 N–H and O–H groups in total. The number of guanidine groups is 1. The van der Waals surface area contributed by atoms with Crippen LogP contribution < -0.4 is 15.0 Å². The standard InChI is InChI=1S/C20H28N6O2.HI/c1-3-21-19(24-15-18(27)16-6-4-7-17(14-16)28-2)25-10-12-26(13-11-25)20-22-8-5-9-23-20;/h4-9,14,18,27H,3,10-13,15H2,1-2H3,(H,21,24);1H. The zero-order chi connectivity index (χ0) is 19.8. The maximum atomic E-state index is 10.5. The zero-order valence-corrected chi connectivity index (χ0v) is 19.2. The van der Waals surface area contributed by atoms with Crippen LogP contribution in [0, 0.1) is 0 Å². The van der Waals surface area contributed by atoms with Crippen LogP contribution in [0.15, 0.2) is 47.7 Å². The lowest BCUT2D eigenvalue weighted by atomic mass is 10.1. The van der Waals surface area contributed by atoms with E-state index in [-0.39, 0.29) is 30.5 Å². The molecule has 2 aromatic rings. The number of aliphatic hydroxyl groups excluding tert-OH is 1. The van der Waals surface area contributed by atoms with E-state index in [1.165, 1.54) is 0 Å². The molecule has 0 saturated carbocycles. The van der Waals surface area contributed by atoms with Crippen LogP contribution >= 0.6 is 24.0 Å². The van der Waals surface area contributed by atoms with E-state index in [1.807, 2.05) is 37.3 Å². The first-order valence-electron chi connectivity index (χ1n) is 9.58. The minimum Gasteiger partial charge on any atom is -0.497 e. The van der Waals surface area contributed by atoms with Gasteiger partial charge in [0, 0.05) is 45.1 Å². The third kappa shape index (κ3) is 6.43. The van der Waals surface area contributed by atoms with Gasteiger partial charge in [0.25, 0.3) is 0 Å². The molecule has 0 radical (unpaired) electrons. The first kappa shape index (κ1) is 23.1. The molecule has 3 rings (SSSR count). The molecule has 0 spiro atoms. The van der Waals surface area contributed by atoms with E-state index in [2.05, 4.69) is 30.1 Å². The Bertz CT molecular complexity index is 769. The number of rotatable bonds is 6. The molecule has 1 aromatic carbocycles. The molecule has 1 aliphatic heterocycles. The topological polar surface area (TPSA) is 86.1 Å². The monoisotopic (exact) mass is 512 g/mol. The smallest absolute Gasteiger partial charge is 0.225 e. The average Bonchev–Trinajstić information content (AvgIpc) is 2.77. The largest absolute Gasteiger partial charge is 0.497 e. The first-order chi connectivity index (χ1) is 13.7. The maximum Gasteiger partial charge on any atom is 0.225 e. The number of piperazine rings is 1. The van der Waals surface area contributed by atoms with Gasteiger partial charge in [0.15, 0.2) is 5.96 Å². The van der Waals surface area contributed by atoms with Crippen LogP contribution in [0.3, 0.4) is 0 Å². The number of nitrogens with one attached hydrogen (secondary N) is 1. The van der Waals surface area contributed by atoms with E-state index in [0.717, 1.165) is 55.9 Å². The number of anilines is 1. The quantitative estimate of drug-likeness (QED) is 0.348. The van der Waals surface area contributed by atoms with Crippen molar-refractivity contribution >= 4 is 35.9 Å². The summed E-state index contributed by atoms with van der Waals surface area (Å²) in [6, 6.07) is 9.28. The zero-order valence-electron chi connectivity index (χ0n) is 16.9. The highest BCUT2D eigenvalue weighted by Gasteiger charge is 2.21. The Morgan fingerprint density at radius 2 is 1.93 bits per heavy atom. The van der Waals surface area contributed by atoms with Gasteiger partial charge in [-0.1, -0.05) is 12.1 Å². The van der Waals surface area contributed by atoms with Gasteiger partial charge in [-0.15, -0.1) is 24.0 Å². The molecule has 0 bridgehead atoms. The number of aromatic nitrogens is 2. The highest BCUT2D eigenvalue weighted by Crippen LogP contribution is 2.19. The van der Waals surface area contributed by atoms with Gasteiger partial charge in [0.2, 0.25) is 5.95 Å². The second kappa shape index (κ2) is 11.8. The molecule has 1 atom stereocenters. The van der Waals surface area contributed by atoms with Gasteiger partial charge in [-0.3, -0.25) is 4.99 Å². The summed E-state index contributed by atoms with van der Waals surface area (Å²) >= 11 is 0. The summed E-state index contributed by atoms with van der Waals surface area (Å²) in [5, 5.41) is 13.8. The lowest BCUT2D eigenvalue weighted by molar-refractivity contribution is 0.186. The third-order valence-electron chi connectivity index (χ3n) is 4.64. The molecule has 158 valence electrons. The molecular weight excluding hydrogens is 483 g/mol. The predicted molar refractivity (Wildman–Crippen MR) is 125 cm³/mol. The summed E-state index contributed by atoms with van der Waals surface area (Å²) in [7, 11) is 1.62. The van der Waals surface area contributed by atoms with E-state index < -0.39 is 6.10 Å². The second-order valence-electron chi connectivity index (χ2n) is 6.51. The lowest BCUT2D eigenvalue weighted by Gasteiger charge is -2.36. The molecule has 0 amide bonds. The molecule has 29 heavy (non-hydrogen) atoms. The van der Waals surface area contributed by atoms with Gasteiger partial charge >= 0.3 is 0 Å². The van der Waals surface area contributed by atoms with Gasteiger partial charge in [0.05, 0.1) is 19.8 Å². The van der Waals surface area contributed by atoms with Crippen molar-refractivity contribution < 1.29 is 9.84 Å². The van der Waals surface area contributed by atoms with Crippen molar-refractivity contribution in [1.29, 1.82) is 0 Å². The number of aliphatic hydroxyl groups is 1. The number of nitrogens with zero attached hydrogens (tertiary/aromatic N) is 5. The first-order valence-corrected chi connectivity index (χ1v) is 9.58. The molecule has 9 heteroatoms. The minimum atomic E-state index is -0.678. The third-order valence-corrected chi connectivity index (χ3v) is 4.64. The molecular formula is C20H29IN6O2. The Morgan fingerprint density at radius 3 is 2.59 bits per heavy atom. The molecule has 1 aliphatic rings. The SMILES string of the molecule is CCNC(=NCC(O)c1cccc(OC)c1)N1CCN(c2ncccn2)CC1.I. The van der Waals surface area contributed by atoms with Gasteiger partial charge in [-0.05, 0) is 30.7 Å². The van der Waals surface area contributed by atoms with Gasteiger partial charge in [-0.2, -0.15) is 0 Å². The molecule has 1 fully saturated rings. The highest BCUT2D eigenvalue weighted by atomic mass is 127. The summed E-state index contributed by atoms with van der Waals surface area (Å²) < 4.78 is 5.23. The Hall–Kier alpha value is -2.14. The Labute approximate surface area is 189 Å². The van der Waals surface area contributed by atoms with Crippen molar-refractivity contribution in [3.63, 3.8) is 0 Å². The summed E-state index contributed by atoms with van der Waals surface area (Å²) in [6.07, 6.45) is 2.85.